The second-order valence-electron chi connectivity index (χ2n) is 4.44. The van der Waals surface area contributed by atoms with Crippen LogP contribution in [0.3, 0.4) is 0 Å². The van der Waals surface area contributed by atoms with Gasteiger partial charge >= 0.3 is 0 Å². The summed E-state index contributed by atoms with van der Waals surface area (Å²) in [5.41, 5.74) is 3.07. The first-order valence-corrected chi connectivity index (χ1v) is 8.82. The van der Waals surface area contributed by atoms with Crippen LogP contribution in [0.2, 0.25) is 0 Å². The number of thioether (sulfide) groups is 2. The summed E-state index contributed by atoms with van der Waals surface area (Å²) < 4.78 is 1.17. The zero-order chi connectivity index (χ0) is 13.7. The quantitative estimate of drug-likeness (QED) is 0.747. The Morgan fingerprint density at radius 2 is 1.79 bits per heavy atom. The summed E-state index contributed by atoms with van der Waals surface area (Å²) in [5.74, 6) is 0.244. The van der Waals surface area contributed by atoms with E-state index in [1.165, 1.54) is 4.24 Å². The molecule has 0 unspecified atom stereocenters. The maximum Gasteiger partial charge on any atom is 0.186 e. The van der Waals surface area contributed by atoms with Gasteiger partial charge in [0.2, 0.25) is 0 Å². The molecule has 19 heavy (non-hydrogen) atoms. The zero-order valence-corrected chi connectivity index (χ0v) is 12.9. The normalized spacial score (nSPS) is 17.9. The summed E-state index contributed by atoms with van der Waals surface area (Å²) in [5, 5.41) is 0. The van der Waals surface area contributed by atoms with Crippen molar-refractivity contribution >= 4 is 35.4 Å². The number of benzene rings is 1. The van der Waals surface area contributed by atoms with E-state index in [-0.39, 0.29) is 5.78 Å². The summed E-state index contributed by atoms with van der Waals surface area (Å²) in [6, 6.07) is 10.1. The molecule has 0 N–H and O–H groups in total. The van der Waals surface area contributed by atoms with Crippen LogP contribution in [0.5, 0.6) is 0 Å². The van der Waals surface area contributed by atoms with E-state index >= 15 is 0 Å². The predicted octanol–water partition coefficient (Wildman–Crippen LogP) is 4.76. The first kappa shape index (κ1) is 14.5. The van der Waals surface area contributed by atoms with Gasteiger partial charge in [0.1, 0.15) is 0 Å². The molecule has 0 atom stereocenters. The van der Waals surface area contributed by atoms with E-state index in [1.54, 1.807) is 23.5 Å². The molecule has 1 saturated carbocycles. The lowest BCUT2D eigenvalue weighted by Crippen LogP contribution is -2.13. The van der Waals surface area contributed by atoms with Crippen molar-refractivity contribution in [2.24, 2.45) is 0 Å². The average molecular weight is 290 g/mol. The van der Waals surface area contributed by atoms with Crippen molar-refractivity contribution in [2.45, 2.75) is 19.3 Å². The summed E-state index contributed by atoms with van der Waals surface area (Å²) in [6.07, 6.45) is 9.02. The van der Waals surface area contributed by atoms with E-state index < -0.39 is 0 Å². The van der Waals surface area contributed by atoms with Crippen LogP contribution in [0.25, 0.3) is 6.08 Å². The third kappa shape index (κ3) is 3.54. The summed E-state index contributed by atoms with van der Waals surface area (Å²) in [7, 11) is 0. The fourth-order valence-corrected chi connectivity index (χ4v) is 3.84. The molecule has 0 heterocycles. The van der Waals surface area contributed by atoms with E-state index in [2.05, 4.69) is 0 Å². The number of Topliss-reactive ketones (excluding diaryl/α,β-unsaturated/α-hetero) is 1. The lowest BCUT2D eigenvalue weighted by atomic mass is 9.89. The van der Waals surface area contributed by atoms with Gasteiger partial charge < -0.3 is 0 Å². The van der Waals surface area contributed by atoms with E-state index in [1.807, 2.05) is 48.9 Å². The van der Waals surface area contributed by atoms with Crippen LogP contribution in [0.1, 0.15) is 24.8 Å². The molecule has 1 aliphatic carbocycles. The fourth-order valence-electron chi connectivity index (χ4n) is 2.29. The van der Waals surface area contributed by atoms with Crippen LogP contribution in [0.15, 0.2) is 45.7 Å². The van der Waals surface area contributed by atoms with Gasteiger partial charge in [-0.3, -0.25) is 4.79 Å². The fraction of sp³-hybridized carbons (Fsp3) is 0.312. The van der Waals surface area contributed by atoms with Gasteiger partial charge in [-0.05, 0) is 43.4 Å². The minimum atomic E-state index is 0.244. The molecular weight excluding hydrogens is 272 g/mol. The van der Waals surface area contributed by atoms with Gasteiger partial charge in [0.15, 0.2) is 5.78 Å². The number of ketones is 1. The molecular formula is C16H18OS2. The first-order chi connectivity index (χ1) is 9.26. The van der Waals surface area contributed by atoms with Gasteiger partial charge in [-0.15, -0.1) is 23.5 Å². The second kappa shape index (κ2) is 7.01. The number of hydrogen-bond donors (Lipinski definition) is 0. The van der Waals surface area contributed by atoms with Crippen molar-refractivity contribution in [3.05, 3.63) is 51.3 Å². The van der Waals surface area contributed by atoms with Crippen molar-refractivity contribution in [1.82, 2.24) is 0 Å². The second-order valence-corrected chi connectivity index (χ2v) is 6.33. The number of carbonyl (C=O) groups excluding carboxylic acids is 1. The van der Waals surface area contributed by atoms with Crippen LogP contribution in [-0.4, -0.2) is 18.3 Å². The number of allylic oxidation sites excluding steroid dienone is 2. The Bertz CT molecular complexity index is 509. The van der Waals surface area contributed by atoms with Gasteiger partial charge in [-0.1, -0.05) is 30.3 Å². The Morgan fingerprint density at radius 3 is 2.42 bits per heavy atom. The third-order valence-corrected chi connectivity index (χ3v) is 5.43. The summed E-state index contributed by atoms with van der Waals surface area (Å²) in [6.45, 7) is 0. The van der Waals surface area contributed by atoms with E-state index in [4.69, 9.17) is 0 Å². The van der Waals surface area contributed by atoms with E-state index in [0.29, 0.717) is 0 Å². The number of carbonyl (C=O) groups is 1. The third-order valence-electron chi connectivity index (χ3n) is 3.20. The Labute approximate surface area is 123 Å². The van der Waals surface area contributed by atoms with Crippen LogP contribution in [0.4, 0.5) is 0 Å². The van der Waals surface area contributed by atoms with Crippen molar-refractivity contribution in [3.63, 3.8) is 0 Å². The lowest BCUT2D eigenvalue weighted by Gasteiger charge is -2.18. The molecule has 0 aromatic heterocycles. The molecule has 1 aromatic carbocycles. The highest BCUT2D eigenvalue weighted by Crippen LogP contribution is 2.36. The molecule has 0 aliphatic heterocycles. The average Bonchev–Trinajstić information content (AvgIpc) is 2.45. The topological polar surface area (TPSA) is 17.1 Å². The molecule has 1 aromatic rings. The Balaban J connectivity index is 2.31. The van der Waals surface area contributed by atoms with Crippen LogP contribution < -0.4 is 0 Å². The van der Waals surface area contributed by atoms with Crippen molar-refractivity contribution in [3.8, 4) is 0 Å². The molecule has 0 radical (unpaired) electrons. The molecule has 0 amide bonds. The summed E-state index contributed by atoms with van der Waals surface area (Å²) in [4.78, 5) is 12.5. The van der Waals surface area contributed by atoms with Gasteiger partial charge in [-0.25, -0.2) is 0 Å². The zero-order valence-electron chi connectivity index (χ0n) is 11.3. The van der Waals surface area contributed by atoms with Crippen LogP contribution in [-0.2, 0) is 4.79 Å². The van der Waals surface area contributed by atoms with Crippen molar-refractivity contribution < 1.29 is 4.79 Å². The van der Waals surface area contributed by atoms with Crippen LogP contribution >= 0.6 is 23.5 Å². The largest absolute Gasteiger partial charge is 0.289 e. The smallest absolute Gasteiger partial charge is 0.186 e. The monoisotopic (exact) mass is 290 g/mol. The van der Waals surface area contributed by atoms with Crippen LogP contribution in [0, 0.1) is 0 Å². The Morgan fingerprint density at radius 1 is 1.11 bits per heavy atom. The lowest BCUT2D eigenvalue weighted by molar-refractivity contribution is -0.112. The molecule has 2 rings (SSSR count). The first-order valence-electron chi connectivity index (χ1n) is 6.37. The molecule has 100 valence electrons. The number of rotatable bonds is 3. The highest BCUT2D eigenvalue weighted by Gasteiger charge is 2.23. The van der Waals surface area contributed by atoms with E-state index in [0.717, 1.165) is 36.0 Å². The highest BCUT2D eigenvalue weighted by molar-refractivity contribution is 8.21. The molecule has 1 aliphatic rings. The molecule has 1 nitrogen and oxygen atoms in total. The van der Waals surface area contributed by atoms with Gasteiger partial charge in [0.05, 0.1) is 0 Å². The van der Waals surface area contributed by atoms with Gasteiger partial charge in [-0.2, -0.15) is 0 Å². The Hall–Kier alpha value is -0.930. The predicted molar refractivity (Wildman–Crippen MR) is 87.3 cm³/mol. The van der Waals surface area contributed by atoms with Crippen molar-refractivity contribution in [1.29, 1.82) is 0 Å². The minimum Gasteiger partial charge on any atom is -0.289 e. The number of hydrogen-bond acceptors (Lipinski definition) is 3. The maximum absolute atomic E-state index is 12.5. The van der Waals surface area contributed by atoms with Crippen molar-refractivity contribution in [2.75, 3.05) is 12.5 Å². The maximum atomic E-state index is 12.5. The summed E-state index contributed by atoms with van der Waals surface area (Å²) >= 11 is 3.37. The molecule has 0 spiro atoms. The van der Waals surface area contributed by atoms with E-state index in [9.17, 15) is 4.79 Å². The van der Waals surface area contributed by atoms with Gasteiger partial charge in [0, 0.05) is 15.4 Å². The molecule has 1 fully saturated rings. The SMILES string of the molecule is CSC(SC)=C1CCC/C(=C\c2ccccc2)C1=O. The molecule has 0 bridgehead atoms. The highest BCUT2D eigenvalue weighted by atomic mass is 32.2. The Kier molecular flexibility index (Phi) is 5.34. The minimum absolute atomic E-state index is 0.244. The standard InChI is InChI=1S/C16H18OS2/c1-18-16(19-2)14-10-6-9-13(15(14)17)11-12-7-4-3-5-8-12/h3-5,7-8,11H,6,9-10H2,1-2H3/b13-11+. The molecule has 0 saturated heterocycles. The molecule has 3 heteroatoms. The van der Waals surface area contributed by atoms with Gasteiger partial charge in [0.25, 0.3) is 0 Å².